The van der Waals surface area contributed by atoms with Crippen LogP contribution in [0.1, 0.15) is 21.5 Å². The highest BCUT2D eigenvalue weighted by atomic mass is 19.4. The van der Waals surface area contributed by atoms with Gasteiger partial charge in [0.1, 0.15) is 0 Å². The Hall–Kier alpha value is -2.13. The number of alkyl halides is 3. The molecule has 0 aliphatic carbocycles. The maximum Gasteiger partial charge on any atom is 0.415 e. The van der Waals surface area contributed by atoms with Crippen molar-refractivity contribution in [2.45, 2.75) is 25.7 Å². The first-order chi connectivity index (χ1) is 11.7. The fourth-order valence-electron chi connectivity index (χ4n) is 2.49. The molecule has 1 aromatic rings. The smallest absolute Gasteiger partial charge is 0.415 e. The number of benzene rings is 1. The number of hydrogen-bond donors (Lipinski definition) is 2. The lowest BCUT2D eigenvalue weighted by atomic mass is 10.0. The number of aromatic carboxylic acids is 1. The quantitative estimate of drug-likeness (QED) is 0.833. The van der Waals surface area contributed by atoms with Crippen LogP contribution < -0.4 is 5.32 Å². The normalized spacial score (nSPS) is 18.8. The van der Waals surface area contributed by atoms with Gasteiger partial charge in [-0.2, -0.15) is 13.2 Å². The summed E-state index contributed by atoms with van der Waals surface area (Å²) in [7, 11) is 0. The van der Waals surface area contributed by atoms with Crippen molar-refractivity contribution < 1.29 is 32.6 Å². The van der Waals surface area contributed by atoms with Crippen LogP contribution in [0.3, 0.4) is 0 Å². The van der Waals surface area contributed by atoms with Crippen molar-refractivity contribution in [1.29, 1.82) is 0 Å². The minimum atomic E-state index is -4.45. The lowest BCUT2D eigenvalue weighted by Gasteiger charge is -2.33. The Kier molecular flexibility index (Phi) is 6.02. The second kappa shape index (κ2) is 7.83. The van der Waals surface area contributed by atoms with E-state index in [-0.39, 0.29) is 38.3 Å². The van der Waals surface area contributed by atoms with E-state index in [9.17, 15) is 22.8 Å². The molecule has 138 valence electrons. The highest BCUT2D eigenvalue weighted by molar-refractivity contribution is 5.88. The number of nitrogens with zero attached hydrogens (tertiary/aromatic N) is 1. The molecule has 1 amide bonds. The zero-order valence-electron chi connectivity index (χ0n) is 13.6. The minimum absolute atomic E-state index is 0.0861. The summed E-state index contributed by atoms with van der Waals surface area (Å²) in [4.78, 5) is 24.3. The van der Waals surface area contributed by atoms with Gasteiger partial charge < -0.3 is 15.2 Å². The number of carbonyl (C=O) groups excluding carboxylic acids is 1. The van der Waals surface area contributed by atoms with Crippen LogP contribution in [-0.4, -0.2) is 60.4 Å². The van der Waals surface area contributed by atoms with E-state index in [0.717, 1.165) is 5.56 Å². The van der Waals surface area contributed by atoms with E-state index in [0.29, 0.717) is 5.56 Å². The highest BCUT2D eigenvalue weighted by Crippen LogP contribution is 2.25. The molecule has 1 aliphatic heterocycles. The predicted molar refractivity (Wildman–Crippen MR) is 82.2 cm³/mol. The van der Waals surface area contributed by atoms with Gasteiger partial charge in [0, 0.05) is 19.6 Å². The molecule has 2 rings (SSSR count). The Labute approximate surface area is 142 Å². The second-order valence-electron chi connectivity index (χ2n) is 5.86. The zero-order valence-corrected chi connectivity index (χ0v) is 13.6. The van der Waals surface area contributed by atoms with Crippen molar-refractivity contribution >= 4 is 11.9 Å². The van der Waals surface area contributed by atoms with Crippen molar-refractivity contribution in [3.8, 4) is 0 Å². The van der Waals surface area contributed by atoms with Crippen molar-refractivity contribution in [2.75, 3.05) is 26.2 Å². The Balaban J connectivity index is 1.89. The molecule has 0 aromatic heterocycles. The number of carboxylic acids is 1. The number of carboxylic acid groups (broad SMARTS) is 1. The first-order valence-corrected chi connectivity index (χ1v) is 7.67. The van der Waals surface area contributed by atoms with Crippen LogP contribution in [0.25, 0.3) is 0 Å². The molecule has 1 fully saturated rings. The average molecular weight is 360 g/mol. The molecule has 6 nitrogen and oxygen atoms in total. The molecule has 9 heteroatoms. The van der Waals surface area contributed by atoms with Crippen LogP contribution in [-0.2, 0) is 16.1 Å². The summed E-state index contributed by atoms with van der Waals surface area (Å²) in [6, 6.07) is 4.57. The molecule has 1 saturated heterocycles. The number of carbonyl (C=O) groups is 2. The van der Waals surface area contributed by atoms with Crippen LogP contribution >= 0.6 is 0 Å². The summed E-state index contributed by atoms with van der Waals surface area (Å²) in [5, 5.41) is 11.6. The molecular weight excluding hydrogens is 341 g/mol. The van der Waals surface area contributed by atoms with Gasteiger partial charge in [0.15, 0.2) is 6.10 Å². The zero-order chi connectivity index (χ0) is 18.6. The number of rotatable bonds is 5. The molecule has 0 bridgehead atoms. The highest BCUT2D eigenvalue weighted by Gasteiger charge is 2.43. The molecule has 1 aromatic carbocycles. The van der Waals surface area contributed by atoms with Crippen molar-refractivity contribution in [2.24, 2.45) is 0 Å². The van der Waals surface area contributed by atoms with E-state index < -0.39 is 24.2 Å². The largest absolute Gasteiger partial charge is 0.478 e. The maximum atomic E-state index is 12.7. The van der Waals surface area contributed by atoms with Gasteiger partial charge in [-0.25, -0.2) is 4.79 Å². The lowest BCUT2D eigenvalue weighted by Crippen LogP contribution is -2.51. The van der Waals surface area contributed by atoms with E-state index in [4.69, 9.17) is 5.11 Å². The predicted octanol–water partition coefficient (Wildman–Crippen LogP) is 1.57. The number of aryl methyl sites for hydroxylation is 1. The minimum Gasteiger partial charge on any atom is -0.478 e. The summed E-state index contributed by atoms with van der Waals surface area (Å²) in [5.74, 6) is -1.50. The van der Waals surface area contributed by atoms with Crippen molar-refractivity contribution in [3.05, 3.63) is 34.9 Å². The Morgan fingerprint density at radius 3 is 2.76 bits per heavy atom. The van der Waals surface area contributed by atoms with E-state index in [2.05, 4.69) is 10.1 Å². The third-order valence-corrected chi connectivity index (χ3v) is 3.95. The van der Waals surface area contributed by atoms with E-state index in [1.54, 1.807) is 13.0 Å². The number of hydrogen-bond acceptors (Lipinski definition) is 4. The van der Waals surface area contributed by atoms with Gasteiger partial charge in [-0.1, -0.05) is 6.07 Å². The monoisotopic (exact) mass is 360 g/mol. The second-order valence-corrected chi connectivity index (χ2v) is 5.86. The first-order valence-electron chi connectivity index (χ1n) is 7.67. The number of morpholine rings is 1. The summed E-state index contributed by atoms with van der Waals surface area (Å²) >= 11 is 0. The van der Waals surface area contributed by atoms with Gasteiger partial charge in [-0.05, 0) is 30.2 Å². The number of amides is 1. The molecule has 25 heavy (non-hydrogen) atoms. The molecule has 1 atom stereocenters. The molecule has 0 spiro atoms. The van der Waals surface area contributed by atoms with Crippen LogP contribution in [0.4, 0.5) is 13.2 Å². The average Bonchev–Trinajstić information content (AvgIpc) is 2.53. The van der Waals surface area contributed by atoms with Crippen LogP contribution in [0.15, 0.2) is 18.2 Å². The molecule has 1 unspecified atom stereocenters. The summed E-state index contributed by atoms with van der Waals surface area (Å²) in [6.07, 6.45) is -6.34. The van der Waals surface area contributed by atoms with Gasteiger partial charge in [0.2, 0.25) is 5.91 Å². The fourth-order valence-corrected chi connectivity index (χ4v) is 2.49. The van der Waals surface area contributed by atoms with Gasteiger partial charge in [0.05, 0.1) is 18.7 Å². The number of ether oxygens (including phenoxy) is 1. The van der Waals surface area contributed by atoms with Crippen LogP contribution in [0.2, 0.25) is 0 Å². The standard InChI is InChI=1S/C16H19F3N2O4/c1-10-2-3-11(15(23)24)6-12(10)7-20-14(22)9-21-4-5-25-13(8-21)16(17,18)19/h2-3,6,13H,4-5,7-9H2,1H3,(H,20,22)(H,23,24). The third kappa shape index (κ3) is 5.43. The van der Waals surface area contributed by atoms with Crippen molar-refractivity contribution in [1.82, 2.24) is 10.2 Å². The summed E-state index contributed by atoms with van der Waals surface area (Å²) in [6.45, 7) is 1.49. The topological polar surface area (TPSA) is 78.9 Å². The lowest BCUT2D eigenvalue weighted by molar-refractivity contribution is -0.237. The van der Waals surface area contributed by atoms with Crippen LogP contribution in [0, 0.1) is 6.92 Å². The summed E-state index contributed by atoms with van der Waals surface area (Å²) < 4.78 is 42.7. The van der Waals surface area contributed by atoms with Crippen molar-refractivity contribution in [3.63, 3.8) is 0 Å². The Bertz CT molecular complexity index is 649. The SMILES string of the molecule is Cc1ccc(C(=O)O)cc1CNC(=O)CN1CCOC(C(F)(F)F)C1. The summed E-state index contributed by atoms with van der Waals surface area (Å²) in [5.41, 5.74) is 1.56. The van der Waals surface area contributed by atoms with Gasteiger partial charge in [-0.3, -0.25) is 9.69 Å². The van der Waals surface area contributed by atoms with Crippen LogP contribution in [0.5, 0.6) is 0 Å². The molecule has 0 saturated carbocycles. The molecule has 0 radical (unpaired) electrons. The molecular formula is C16H19F3N2O4. The number of nitrogens with one attached hydrogen (secondary N) is 1. The van der Waals surface area contributed by atoms with Gasteiger partial charge >= 0.3 is 12.1 Å². The molecule has 2 N–H and O–H groups in total. The number of halogens is 3. The van der Waals surface area contributed by atoms with E-state index in [1.807, 2.05) is 0 Å². The first kappa shape index (κ1) is 19.2. The maximum absolute atomic E-state index is 12.7. The molecule has 1 aliphatic rings. The third-order valence-electron chi connectivity index (χ3n) is 3.95. The van der Waals surface area contributed by atoms with E-state index >= 15 is 0 Å². The Morgan fingerprint density at radius 2 is 2.12 bits per heavy atom. The van der Waals surface area contributed by atoms with Gasteiger partial charge in [-0.15, -0.1) is 0 Å². The Morgan fingerprint density at radius 1 is 1.40 bits per heavy atom. The van der Waals surface area contributed by atoms with Gasteiger partial charge in [0.25, 0.3) is 0 Å². The van der Waals surface area contributed by atoms with E-state index in [1.165, 1.54) is 17.0 Å². The fraction of sp³-hybridized carbons (Fsp3) is 0.500. The molecule has 1 heterocycles.